The molecular formula is C52H35N. The third kappa shape index (κ3) is 5.42. The summed E-state index contributed by atoms with van der Waals surface area (Å²) in [5.74, 6) is 0. The van der Waals surface area contributed by atoms with Crippen LogP contribution in [0, 0.1) is 0 Å². The maximum absolute atomic E-state index is 2.50. The second-order valence-corrected chi connectivity index (χ2v) is 13.7. The van der Waals surface area contributed by atoms with E-state index in [-0.39, 0.29) is 0 Å². The number of anilines is 3. The molecule has 53 heavy (non-hydrogen) atoms. The van der Waals surface area contributed by atoms with Crippen molar-refractivity contribution in [3.8, 4) is 33.4 Å². The molecule has 0 heterocycles. The first kappa shape index (κ1) is 30.8. The molecule has 1 nitrogen and oxygen atoms in total. The third-order valence-electron chi connectivity index (χ3n) is 10.6. The summed E-state index contributed by atoms with van der Waals surface area (Å²) >= 11 is 0. The van der Waals surface area contributed by atoms with E-state index in [1.807, 2.05) is 0 Å². The summed E-state index contributed by atoms with van der Waals surface area (Å²) in [6.07, 6.45) is 0. The van der Waals surface area contributed by atoms with Crippen molar-refractivity contribution in [1.82, 2.24) is 0 Å². The van der Waals surface area contributed by atoms with Gasteiger partial charge in [-0.1, -0.05) is 182 Å². The van der Waals surface area contributed by atoms with Gasteiger partial charge in [0.15, 0.2) is 0 Å². The Hall–Kier alpha value is -6.96. The zero-order valence-electron chi connectivity index (χ0n) is 29.2. The van der Waals surface area contributed by atoms with Crippen LogP contribution in [0.5, 0.6) is 0 Å². The highest BCUT2D eigenvalue weighted by molar-refractivity contribution is 6.29. The van der Waals surface area contributed by atoms with E-state index in [1.54, 1.807) is 0 Å². The number of para-hydroxylation sites is 1. The summed E-state index contributed by atoms with van der Waals surface area (Å²) in [5.41, 5.74) is 10.4. The first-order chi connectivity index (χ1) is 26.3. The fraction of sp³-hybridized carbons (Fsp3) is 0. The van der Waals surface area contributed by atoms with Gasteiger partial charge in [0.25, 0.3) is 0 Å². The van der Waals surface area contributed by atoms with Crippen LogP contribution in [0.15, 0.2) is 212 Å². The van der Waals surface area contributed by atoms with Crippen molar-refractivity contribution in [1.29, 1.82) is 0 Å². The van der Waals surface area contributed by atoms with Crippen LogP contribution in [-0.4, -0.2) is 0 Å². The monoisotopic (exact) mass is 673 g/mol. The minimum Gasteiger partial charge on any atom is -0.309 e. The molecule has 0 aromatic heterocycles. The third-order valence-corrected chi connectivity index (χ3v) is 10.6. The maximum Gasteiger partial charge on any atom is 0.0546 e. The Labute approximate surface area is 309 Å². The molecule has 0 radical (unpaired) electrons. The molecule has 0 saturated carbocycles. The van der Waals surface area contributed by atoms with Crippen molar-refractivity contribution in [2.45, 2.75) is 0 Å². The quantitative estimate of drug-likeness (QED) is 0.159. The molecule has 0 bridgehead atoms. The first-order valence-corrected chi connectivity index (χ1v) is 18.3. The lowest BCUT2D eigenvalue weighted by molar-refractivity contribution is 1.30. The van der Waals surface area contributed by atoms with E-state index in [0.717, 1.165) is 17.1 Å². The number of hydrogen-bond acceptors (Lipinski definition) is 1. The molecule has 0 aliphatic rings. The van der Waals surface area contributed by atoms with Gasteiger partial charge in [-0.2, -0.15) is 0 Å². The van der Waals surface area contributed by atoms with E-state index < -0.39 is 0 Å². The van der Waals surface area contributed by atoms with Crippen molar-refractivity contribution in [2.24, 2.45) is 0 Å². The summed E-state index contributed by atoms with van der Waals surface area (Å²) in [4.78, 5) is 2.50. The Morgan fingerprint density at radius 1 is 0.264 bits per heavy atom. The van der Waals surface area contributed by atoms with Crippen LogP contribution < -0.4 is 4.90 Å². The van der Waals surface area contributed by atoms with E-state index in [4.69, 9.17) is 0 Å². The lowest BCUT2D eigenvalue weighted by Crippen LogP contribution is -2.12. The highest BCUT2D eigenvalue weighted by Crippen LogP contribution is 2.48. The molecule has 0 unspecified atom stereocenters. The Morgan fingerprint density at radius 2 is 0.755 bits per heavy atom. The lowest BCUT2D eigenvalue weighted by atomic mass is 9.91. The molecule has 10 rings (SSSR count). The van der Waals surface area contributed by atoms with Crippen LogP contribution in [0.2, 0.25) is 0 Å². The van der Waals surface area contributed by atoms with Crippen LogP contribution in [0.1, 0.15) is 0 Å². The van der Waals surface area contributed by atoms with Crippen LogP contribution in [0.25, 0.3) is 76.5 Å². The average molecular weight is 674 g/mol. The van der Waals surface area contributed by atoms with Gasteiger partial charge < -0.3 is 4.90 Å². The average Bonchev–Trinajstić information content (AvgIpc) is 3.24. The molecule has 1 heteroatoms. The predicted molar refractivity (Wildman–Crippen MR) is 227 cm³/mol. The molecular weight excluding hydrogens is 639 g/mol. The van der Waals surface area contributed by atoms with Crippen molar-refractivity contribution in [2.75, 3.05) is 4.90 Å². The van der Waals surface area contributed by atoms with Gasteiger partial charge in [0.2, 0.25) is 0 Å². The zero-order valence-corrected chi connectivity index (χ0v) is 29.2. The van der Waals surface area contributed by atoms with Gasteiger partial charge in [0.1, 0.15) is 0 Å². The Balaban J connectivity index is 1.33. The highest BCUT2D eigenvalue weighted by atomic mass is 15.1. The van der Waals surface area contributed by atoms with Crippen molar-refractivity contribution in [3.63, 3.8) is 0 Å². The normalized spacial score (nSPS) is 11.4. The van der Waals surface area contributed by atoms with Crippen LogP contribution in [0.4, 0.5) is 17.1 Å². The van der Waals surface area contributed by atoms with Gasteiger partial charge in [-0.25, -0.2) is 0 Å². The standard InChI is InChI=1S/C52H35N/c1-4-16-36(17-5-1)42-32-43(37-18-6-2-7-19-37)34-44(33-42)53(49-27-15-14-23-45(49)38-20-8-3-9-21-38)50-35-41-31-30-40-29-28-39-22-10-11-24-46(39)51(40)52(41)48-26-13-12-25-47(48)50/h1-35H. The van der Waals surface area contributed by atoms with E-state index in [1.165, 1.54) is 76.5 Å². The molecule has 10 aromatic rings. The molecule has 0 fully saturated rings. The largest absolute Gasteiger partial charge is 0.309 e. The second kappa shape index (κ2) is 13.0. The van der Waals surface area contributed by atoms with Gasteiger partial charge in [-0.05, 0) is 95.9 Å². The SMILES string of the molecule is c1ccc(-c2cc(-c3ccccc3)cc(N(c3ccccc3-c3ccccc3)c3cc4ccc5ccc6ccccc6c5c4c4ccccc34)c2)cc1. The molecule has 10 aromatic carbocycles. The number of hydrogen-bond donors (Lipinski definition) is 0. The van der Waals surface area contributed by atoms with Gasteiger partial charge in [0.05, 0.1) is 11.4 Å². The summed E-state index contributed by atoms with van der Waals surface area (Å²) < 4.78 is 0. The van der Waals surface area contributed by atoms with E-state index in [9.17, 15) is 0 Å². The van der Waals surface area contributed by atoms with Crippen molar-refractivity contribution < 1.29 is 0 Å². The minimum atomic E-state index is 1.10. The summed E-state index contributed by atoms with van der Waals surface area (Å²) in [6.45, 7) is 0. The smallest absolute Gasteiger partial charge is 0.0546 e. The Kier molecular flexibility index (Phi) is 7.55. The van der Waals surface area contributed by atoms with Gasteiger partial charge >= 0.3 is 0 Å². The number of nitrogens with zero attached hydrogens (tertiary/aromatic N) is 1. The number of benzene rings is 10. The van der Waals surface area contributed by atoms with Gasteiger partial charge in [-0.3, -0.25) is 0 Å². The molecule has 0 atom stereocenters. The first-order valence-electron chi connectivity index (χ1n) is 18.3. The van der Waals surface area contributed by atoms with Gasteiger partial charge in [-0.15, -0.1) is 0 Å². The van der Waals surface area contributed by atoms with E-state index >= 15 is 0 Å². The molecule has 0 amide bonds. The molecule has 0 aliphatic carbocycles. The highest BCUT2D eigenvalue weighted by Gasteiger charge is 2.22. The fourth-order valence-corrected chi connectivity index (χ4v) is 8.13. The molecule has 0 N–H and O–H groups in total. The Morgan fingerprint density at radius 3 is 1.43 bits per heavy atom. The predicted octanol–water partition coefficient (Wildman–Crippen LogP) is 14.8. The van der Waals surface area contributed by atoms with Gasteiger partial charge in [0, 0.05) is 16.6 Å². The van der Waals surface area contributed by atoms with Crippen LogP contribution >= 0.6 is 0 Å². The number of fused-ring (bicyclic) bond motifs is 7. The summed E-state index contributed by atoms with van der Waals surface area (Å²) in [7, 11) is 0. The summed E-state index contributed by atoms with van der Waals surface area (Å²) in [6, 6.07) is 77.4. The molecule has 248 valence electrons. The van der Waals surface area contributed by atoms with Crippen molar-refractivity contribution in [3.05, 3.63) is 212 Å². The second-order valence-electron chi connectivity index (χ2n) is 13.7. The lowest BCUT2D eigenvalue weighted by Gasteiger charge is -2.30. The topological polar surface area (TPSA) is 3.24 Å². The summed E-state index contributed by atoms with van der Waals surface area (Å²) in [5, 5.41) is 10.0. The minimum absolute atomic E-state index is 1.10. The molecule has 0 saturated heterocycles. The van der Waals surface area contributed by atoms with Crippen molar-refractivity contribution >= 4 is 60.2 Å². The fourth-order valence-electron chi connectivity index (χ4n) is 8.13. The maximum atomic E-state index is 2.50. The van der Waals surface area contributed by atoms with E-state index in [2.05, 4.69) is 217 Å². The van der Waals surface area contributed by atoms with Crippen LogP contribution in [-0.2, 0) is 0 Å². The van der Waals surface area contributed by atoms with E-state index in [0.29, 0.717) is 0 Å². The number of rotatable bonds is 6. The zero-order chi connectivity index (χ0) is 35.1. The Bertz CT molecular complexity index is 2870. The molecule has 0 aliphatic heterocycles. The van der Waals surface area contributed by atoms with Crippen LogP contribution in [0.3, 0.4) is 0 Å². The molecule has 0 spiro atoms.